The summed E-state index contributed by atoms with van der Waals surface area (Å²) < 4.78 is 0. The maximum Gasteiger partial charge on any atom is 0.274 e. The Balaban J connectivity index is 2.04. The van der Waals surface area contributed by atoms with Crippen LogP contribution >= 0.6 is 0 Å². The lowest BCUT2D eigenvalue weighted by atomic mass is 9.83. The summed E-state index contributed by atoms with van der Waals surface area (Å²) in [4.78, 5) is 14.6. The number of hydrogen-bond donors (Lipinski definition) is 1. The van der Waals surface area contributed by atoms with Crippen molar-refractivity contribution in [2.45, 2.75) is 51.5 Å². The van der Waals surface area contributed by atoms with E-state index in [0.29, 0.717) is 17.8 Å². The lowest BCUT2D eigenvalue weighted by molar-refractivity contribution is -0.384. The Morgan fingerprint density at radius 1 is 1.47 bits per heavy atom. The molecule has 0 saturated heterocycles. The Kier molecular flexibility index (Phi) is 4.71. The molecule has 0 radical (unpaired) electrons. The van der Waals surface area contributed by atoms with E-state index in [4.69, 9.17) is 0 Å². The summed E-state index contributed by atoms with van der Waals surface area (Å²) in [7, 11) is 0. The molecule has 1 aromatic heterocycles. The molecular weight excluding hydrogens is 242 g/mol. The molecule has 2 rings (SSSR count). The molecule has 5 nitrogen and oxygen atoms in total. The van der Waals surface area contributed by atoms with E-state index in [1.165, 1.54) is 50.4 Å². The Hall–Kier alpha value is -1.65. The smallest absolute Gasteiger partial charge is 0.274 e. The van der Waals surface area contributed by atoms with Crippen LogP contribution in [-0.2, 0) is 0 Å². The Morgan fingerprint density at radius 3 is 2.84 bits per heavy atom. The first-order valence-corrected chi connectivity index (χ1v) is 7.07. The fourth-order valence-electron chi connectivity index (χ4n) is 2.89. The third kappa shape index (κ3) is 3.66. The van der Waals surface area contributed by atoms with Gasteiger partial charge in [-0.3, -0.25) is 10.1 Å². The topological polar surface area (TPSA) is 68.1 Å². The number of aromatic nitrogens is 1. The number of hydrogen-bond acceptors (Lipinski definition) is 4. The van der Waals surface area contributed by atoms with Crippen LogP contribution in [0.15, 0.2) is 18.3 Å². The summed E-state index contributed by atoms with van der Waals surface area (Å²) in [6.07, 6.45) is 8.95. The molecule has 1 saturated carbocycles. The quantitative estimate of drug-likeness (QED) is 0.648. The predicted octanol–water partition coefficient (Wildman–Crippen LogP) is 3.76. The maximum absolute atomic E-state index is 10.8. The second kappa shape index (κ2) is 6.50. The molecule has 1 aromatic rings. The molecule has 104 valence electrons. The van der Waals surface area contributed by atoms with Crippen LogP contribution in [0.1, 0.15) is 45.4 Å². The number of nitrogens with one attached hydrogen (secondary N) is 1. The van der Waals surface area contributed by atoms with Gasteiger partial charge in [0.2, 0.25) is 0 Å². The zero-order chi connectivity index (χ0) is 13.7. The molecule has 1 aliphatic carbocycles. The lowest BCUT2D eigenvalue weighted by Gasteiger charge is -2.30. The van der Waals surface area contributed by atoms with Crippen LogP contribution in [0.2, 0.25) is 0 Å². The summed E-state index contributed by atoms with van der Waals surface area (Å²) >= 11 is 0. The summed E-state index contributed by atoms with van der Waals surface area (Å²) in [6, 6.07) is 3.31. The van der Waals surface area contributed by atoms with Crippen molar-refractivity contribution in [3.63, 3.8) is 0 Å². The molecule has 0 spiro atoms. The molecule has 0 bridgehead atoms. The molecule has 1 fully saturated rings. The van der Waals surface area contributed by atoms with Gasteiger partial charge in [0.25, 0.3) is 5.69 Å². The SMILES string of the molecule is CCC(Nc1cc([N+](=O)[O-])ccn1)C1CCCCC1. The average Bonchev–Trinajstić information content (AvgIpc) is 2.46. The lowest BCUT2D eigenvalue weighted by Crippen LogP contribution is -2.30. The van der Waals surface area contributed by atoms with Gasteiger partial charge in [-0.25, -0.2) is 4.98 Å². The van der Waals surface area contributed by atoms with Crippen LogP contribution in [0.5, 0.6) is 0 Å². The third-order valence-corrected chi connectivity index (χ3v) is 3.95. The van der Waals surface area contributed by atoms with Crippen LogP contribution in [0.4, 0.5) is 11.5 Å². The Morgan fingerprint density at radius 2 is 2.21 bits per heavy atom. The second-order valence-electron chi connectivity index (χ2n) is 5.21. The normalized spacial score (nSPS) is 17.9. The molecule has 5 heteroatoms. The van der Waals surface area contributed by atoms with Crippen molar-refractivity contribution in [2.24, 2.45) is 5.92 Å². The zero-order valence-electron chi connectivity index (χ0n) is 11.3. The minimum absolute atomic E-state index is 0.0935. The highest BCUT2D eigenvalue weighted by molar-refractivity contribution is 5.44. The number of nitrogens with zero attached hydrogens (tertiary/aromatic N) is 2. The molecule has 1 N–H and O–H groups in total. The largest absolute Gasteiger partial charge is 0.367 e. The average molecular weight is 263 g/mol. The summed E-state index contributed by atoms with van der Waals surface area (Å²) in [5, 5.41) is 14.1. The highest BCUT2D eigenvalue weighted by Crippen LogP contribution is 2.29. The van der Waals surface area contributed by atoms with E-state index in [0.717, 1.165) is 6.42 Å². The first kappa shape index (κ1) is 13.8. The van der Waals surface area contributed by atoms with E-state index in [-0.39, 0.29) is 10.6 Å². The van der Waals surface area contributed by atoms with Gasteiger partial charge in [0.05, 0.1) is 11.0 Å². The van der Waals surface area contributed by atoms with Crippen molar-refractivity contribution in [1.82, 2.24) is 4.98 Å². The van der Waals surface area contributed by atoms with Crippen molar-refractivity contribution in [3.8, 4) is 0 Å². The Bertz CT molecular complexity index is 430. The number of nitro groups is 1. The molecule has 1 unspecified atom stereocenters. The highest BCUT2D eigenvalue weighted by Gasteiger charge is 2.22. The van der Waals surface area contributed by atoms with Gasteiger partial charge in [-0.05, 0) is 25.2 Å². The van der Waals surface area contributed by atoms with Gasteiger partial charge in [-0.15, -0.1) is 0 Å². The molecular formula is C14H21N3O2. The van der Waals surface area contributed by atoms with E-state index in [2.05, 4.69) is 17.2 Å². The summed E-state index contributed by atoms with van der Waals surface area (Å²) in [6.45, 7) is 2.16. The molecule has 0 amide bonds. The third-order valence-electron chi connectivity index (χ3n) is 3.95. The van der Waals surface area contributed by atoms with Crippen LogP contribution in [0.3, 0.4) is 0 Å². The van der Waals surface area contributed by atoms with Crippen molar-refractivity contribution in [3.05, 3.63) is 28.4 Å². The van der Waals surface area contributed by atoms with Crippen molar-refractivity contribution >= 4 is 11.5 Å². The van der Waals surface area contributed by atoms with Gasteiger partial charge >= 0.3 is 0 Å². The number of rotatable bonds is 5. The van der Waals surface area contributed by atoms with Gasteiger partial charge in [-0.2, -0.15) is 0 Å². The van der Waals surface area contributed by atoms with E-state index in [1.54, 1.807) is 0 Å². The van der Waals surface area contributed by atoms with Crippen LogP contribution in [0, 0.1) is 16.0 Å². The minimum atomic E-state index is -0.381. The first-order valence-electron chi connectivity index (χ1n) is 7.07. The van der Waals surface area contributed by atoms with E-state index < -0.39 is 0 Å². The molecule has 1 atom stereocenters. The monoisotopic (exact) mass is 263 g/mol. The fraction of sp³-hybridized carbons (Fsp3) is 0.643. The van der Waals surface area contributed by atoms with Gasteiger partial charge in [-0.1, -0.05) is 26.2 Å². The van der Waals surface area contributed by atoms with Gasteiger partial charge in [0.1, 0.15) is 5.82 Å². The molecule has 19 heavy (non-hydrogen) atoms. The van der Waals surface area contributed by atoms with Crippen LogP contribution in [-0.4, -0.2) is 15.9 Å². The molecule has 0 aliphatic heterocycles. The molecule has 1 aliphatic rings. The highest BCUT2D eigenvalue weighted by atomic mass is 16.6. The van der Waals surface area contributed by atoms with E-state index in [1.807, 2.05) is 0 Å². The molecule has 1 heterocycles. The maximum atomic E-state index is 10.8. The van der Waals surface area contributed by atoms with E-state index in [9.17, 15) is 10.1 Å². The van der Waals surface area contributed by atoms with Gasteiger partial charge in [0, 0.05) is 18.3 Å². The van der Waals surface area contributed by atoms with Gasteiger partial charge < -0.3 is 5.32 Å². The first-order chi connectivity index (χ1) is 9.20. The summed E-state index contributed by atoms with van der Waals surface area (Å²) in [5.41, 5.74) is 0.0935. The number of anilines is 1. The second-order valence-corrected chi connectivity index (χ2v) is 5.21. The zero-order valence-corrected chi connectivity index (χ0v) is 11.3. The van der Waals surface area contributed by atoms with Crippen molar-refractivity contribution in [2.75, 3.05) is 5.32 Å². The van der Waals surface area contributed by atoms with Gasteiger partial charge in [0.15, 0.2) is 0 Å². The standard InChI is InChI=1S/C14H21N3O2/c1-2-13(11-6-4-3-5-7-11)16-14-10-12(17(18)19)8-9-15-14/h8-11,13H,2-7H2,1H3,(H,15,16). The minimum Gasteiger partial charge on any atom is -0.367 e. The predicted molar refractivity (Wildman–Crippen MR) is 75.2 cm³/mol. The van der Waals surface area contributed by atoms with E-state index >= 15 is 0 Å². The summed E-state index contributed by atoms with van der Waals surface area (Å²) in [5.74, 6) is 1.28. The Labute approximate surface area is 113 Å². The van der Waals surface area contributed by atoms with Crippen molar-refractivity contribution in [1.29, 1.82) is 0 Å². The molecule has 0 aromatic carbocycles. The number of pyridine rings is 1. The van der Waals surface area contributed by atoms with Crippen LogP contribution in [0.25, 0.3) is 0 Å². The van der Waals surface area contributed by atoms with Crippen LogP contribution < -0.4 is 5.32 Å². The fourth-order valence-corrected chi connectivity index (χ4v) is 2.89. The van der Waals surface area contributed by atoms with Crippen molar-refractivity contribution < 1.29 is 4.92 Å².